The van der Waals surface area contributed by atoms with Crippen molar-refractivity contribution < 1.29 is 0 Å². The van der Waals surface area contributed by atoms with Crippen molar-refractivity contribution in [3.63, 3.8) is 0 Å². The number of rotatable bonds is 4. The Labute approximate surface area is 353 Å². The zero-order valence-corrected chi connectivity index (χ0v) is 33.8. The van der Waals surface area contributed by atoms with Gasteiger partial charge in [-0.3, -0.25) is 4.57 Å². The van der Waals surface area contributed by atoms with Crippen molar-refractivity contribution >= 4 is 77.2 Å². The van der Waals surface area contributed by atoms with E-state index in [1.807, 2.05) is 0 Å². The van der Waals surface area contributed by atoms with E-state index in [9.17, 15) is 0 Å². The molecule has 3 aromatic heterocycles. The molecule has 0 bridgehead atoms. The third kappa shape index (κ3) is 5.12. The minimum Gasteiger partial charge on any atom is -0.309 e. The third-order valence-corrected chi connectivity index (χ3v) is 13.3. The molecule has 0 spiro atoms. The van der Waals surface area contributed by atoms with Crippen molar-refractivity contribution in [1.82, 2.24) is 19.1 Å². The summed E-state index contributed by atoms with van der Waals surface area (Å²) in [6.07, 6.45) is 12.0. The Morgan fingerprint density at radius 2 is 1.25 bits per heavy atom. The van der Waals surface area contributed by atoms with Crippen molar-refractivity contribution in [3.05, 3.63) is 193 Å². The van der Waals surface area contributed by atoms with Crippen LogP contribution < -0.4 is 0 Å². The Morgan fingerprint density at radius 3 is 2.15 bits per heavy atom. The van der Waals surface area contributed by atoms with E-state index in [0.717, 1.165) is 53.2 Å². The van der Waals surface area contributed by atoms with Gasteiger partial charge in [0.2, 0.25) is 0 Å². The fourth-order valence-corrected chi connectivity index (χ4v) is 10.5. The van der Waals surface area contributed by atoms with Crippen molar-refractivity contribution in [3.8, 4) is 33.9 Å². The van der Waals surface area contributed by atoms with Gasteiger partial charge in [-0.15, -0.1) is 0 Å². The van der Waals surface area contributed by atoms with E-state index in [1.165, 1.54) is 87.6 Å². The molecule has 0 amide bonds. The van der Waals surface area contributed by atoms with Crippen LogP contribution in [-0.4, -0.2) is 19.1 Å². The average Bonchev–Trinajstić information content (AvgIpc) is 3.82. The van der Waals surface area contributed by atoms with Gasteiger partial charge in [-0.2, -0.15) is 0 Å². The zero-order valence-electron chi connectivity index (χ0n) is 33.8. The van der Waals surface area contributed by atoms with Crippen molar-refractivity contribution in [1.29, 1.82) is 0 Å². The molecule has 61 heavy (non-hydrogen) atoms. The van der Waals surface area contributed by atoms with Gasteiger partial charge in [0.15, 0.2) is 5.82 Å². The average molecular weight is 781 g/mol. The number of benzene rings is 8. The summed E-state index contributed by atoms with van der Waals surface area (Å²) in [6, 6.07) is 58.0. The molecule has 0 saturated carbocycles. The molecule has 13 rings (SSSR count). The number of hydrogen-bond donors (Lipinski definition) is 0. The number of aromatic nitrogens is 4. The molecular formula is C57H40N4. The Kier molecular flexibility index (Phi) is 7.44. The summed E-state index contributed by atoms with van der Waals surface area (Å²) in [5, 5.41) is 11.3. The molecule has 11 aromatic rings. The van der Waals surface area contributed by atoms with E-state index in [0.29, 0.717) is 0 Å². The van der Waals surface area contributed by atoms with Gasteiger partial charge < -0.3 is 4.57 Å². The normalized spacial score (nSPS) is 14.8. The zero-order chi connectivity index (χ0) is 40.2. The van der Waals surface area contributed by atoms with Gasteiger partial charge in [0.1, 0.15) is 5.69 Å². The molecule has 288 valence electrons. The highest BCUT2D eigenvalue weighted by atomic mass is 15.1. The lowest BCUT2D eigenvalue weighted by Crippen LogP contribution is -2.13. The quantitative estimate of drug-likeness (QED) is 0.167. The molecule has 1 atom stereocenters. The lowest BCUT2D eigenvalue weighted by Gasteiger charge is -2.22. The largest absolute Gasteiger partial charge is 0.309 e. The molecule has 4 heteroatoms. The van der Waals surface area contributed by atoms with Crippen LogP contribution in [0.3, 0.4) is 0 Å². The second kappa shape index (κ2) is 13.2. The molecule has 2 aliphatic rings. The molecule has 0 aliphatic heterocycles. The van der Waals surface area contributed by atoms with Gasteiger partial charge >= 0.3 is 0 Å². The summed E-state index contributed by atoms with van der Waals surface area (Å²) in [5.74, 6) is 1.16. The molecule has 0 N–H and O–H groups in total. The summed E-state index contributed by atoms with van der Waals surface area (Å²) in [4.78, 5) is 11.2. The van der Waals surface area contributed by atoms with Crippen LogP contribution in [0.1, 0.15) is 48.3 Å². The van der Waals surface area contributed by atoms with Crippen LogP contribution in [0.4, 0.5) is 0 Å². The van der Waals surface area contributed by atoms with E-state index in [4.69, 9.17) is 9.97 Å². The predicted molar refractivity (Wildman–Crippen MR) is 256 cm³/mol. The van der Waals surface area contributed by atoms with Crippen molar-refractivity contribution in [2.24, 2.45) is 0 Å². The monoisotopic (exact) mass is 780 g/mol. The van der Waals surface area contributed by atoms with E-state index < -0.39 is 0 Å². The van der Waals surface area contributed by atoms with Crippen LogP contribution in [0.2, 0.25) is 0 Å². The Hall–Kier alpha value is -7.56. The summed E-state index contributed by atoms with van der Waals surface area (Å²) in [7, 11) is 0. The van der Waals surface area contributed by atoms with Gasteiger partial charge in [0.25, 0.3) is 0 Å². The first-order valence-electron chi connectivity index (χ1n) is 21.5. The summed E-state index contributed by atoms with van der Waals surface area (Å²) < 4.78 is 4.98. The number of nitrogens with zero attached hydrogens (tertiary/aromatic N) is 4. The third-order valence-electron chi connectivity index (χ3n) is 13.3. The van der Waals surface area contributed by atoms with Gasteiger partial charge in [-0.25, -0.2) is 9.97 Å². The van der Waals surface area contributed by atoms with E-state index >= 15 is 0 Å². The molecule has 2 aliphatic carbocycles. The lowest BCUT2D eigenvalue weighted by atomic mass is 9.95. The minimum absolute atomic E-state index is 0.277. The lowest BCUT2D eigenvalue weighted by molar-refractivity contribution is 0.727. The molecule has 3 heterocycles. The summed E-state index contributed by atoms with van der Waals surface area (Å²) >= 11 is 0. The number of hydrogen-bond acceptors (Lipinski definition) is 2. The van der Waals surface area contributed by atoms with Crippen LogP contribution in [0, 0.1) is 0 Å². The molecular weight excluding hydrogens is 741 g/mol. The molecule has 0 radical (unpaired) electrons. The maximum absolute atomic E-state index is 5.64. The topological polar surface area (TPSA) is 35.6 Å². The van der Waals surface area contributed by atoms with E-state index in [1.54, 1.807) is 0 Å². The Bertz CT molecular complexity index is 3690. The highest BCUT2D eigenvalue weighted by Gasteiger charge is 2.28. The highest BCUT2D eigenvalue weighted by Crippen LogP contribution is 2.45. The SMILES string of the molecule is CC1CC=Cc2nc(-n3c4c(c5cc6c7c8ccc9ccccc9c8ccc7n(-c7cccc8ccccc78)c6cc53)C=CCC4)c(-c3cccc(-c4ccccc4)c3)nc21. The van der Waals surface area contributed by atoms with Crippen LogP contribution in [-0.2, 0) is 6.42 Å². The fourth-order valence-electron chi connectivity index (χ4n) is 10.5. The molecule has 1 unspecified atom stereocenters. The first kappa shape index (κ1) is 34.3. The van der Waals surface area contributed by atoms with E-state index in [-0.39, 0.29) is 5.92 Å². The molecule has 0 saturated heterocycles. The van der Waals surface area contributed by atoms with Crippen LogP contribution in [0.25, 0.3) is 111 Å². The first-order chi connectivity index (χ1) is 30.2. The van der Waals surface area contributed by atoms with Crippen LogP contribution >= 0.6 is 0 Å². The maximum Gasteiger partial charge on any atom is 0.164 e. The number of fused-ring (bicyclic) bond motifs is 12. The first-order valence-corrected chi connectivity index (χ1v) is 21.5. The van der Waals surface area contributed by atoms with E-state index in [2.05, 4.69) is 198 Å². The molecule has 4 nitrogen and oxygen atoms in total. The minimum atomic E-state index is 0.277. The predicted octanol–water partition coefficient (Wildman–Crippen LogP) is 14.8. The molecule has 8 aromatic carbocycles. The second-order valence-corrected chi connectivity index (χ2v) is 16.9. The Balaban J connectivity index is 1.17. The van der Waals surface area contributed by atoms with Crippen molar-refractivity contribution in [2.45, 2.75) is 32.1 Å². The van der Waals surface area contributed by atoms with Gasteiger partial charge in [0, 0.05) is 44.3 Å². The standard InChI is InChI=1S/C57H40N4/c1-35-14-11-25-48-55(35)59-56(40-21-12-20-39(32-40)36-15-3-2-4-16-36)57(58-48)61-50-26-10-9-24-44(50)46-33-47-53(34-52(46)61)60(49-27-13-19-37-17-6-8-23-42(37)49)51-31-30-43-41-22-7-5-18-38(41)28-29-45(43)54(47)51/h2-9,11-13,15-25,27-35H,10,14,26H2,1H3. The number of allylic oxidation sites excluding steroid dienone is 2. The molecule has 0 fully saturated rings. The van der Waals surface area contributed by atoms with Gasteiger partial charge in [-0.05, 0) is 93.7 Å². The Morgan fingerprint density at radius 1 is 0.508 bits per heavy atom. The van der Waals surface area contributed by atoms with Crippen LogP contribution in [0.5, 0.6) is 0 Å². The van der Waals surface area contributed by atoms with Crippen LogP contribution in [0.15, 0.2) is 170 Å². The van der Waals surface area contributed by atoms with Gasteiger partial charge in [-0.1, -0.05) is 153 Å². The highest BCUT2D eigenvalue weighted by molar-refractivity contribution is 6.27. The van der Waals surface area contributed by atoms with Gasteiger partial charge in [0.05, 0.1) is 33.6 Å². The smallest absolute Gasteiger partial charge is 0.164 e. The fraction of sp³-hybridized carbons (Fsp3) is 0.0877. The van der Waals surface area contributed by atoms with Crippen molar-refractivity contribution in [2.75, 3.05) is 0 Å². The summed E-state index contributed by atoms with van der Waals surface area (Å²) in [6.45, 7) is 2.27. The summed E-state index contributed by atoms with van der Waals surface area (Å²) in [5.41, 5.74) is 13.6. The maximum atomic E-state index is 5.64. The second-order valence-electron chi connectivity index (χ2n) is 16.9.